The second-order valence-corrected chi connectivity index (χ2v) is 5.97. The molecule has 1 saturated heterocycles. The maximum absolute atomic E-state index is 13.5. The number of likely N-dealkylation sites (tertiary alicyclic amines) is 1. The average Bonchev–Trinajstić information content (AvgIpc) is 2.78. The number of rotatable bonds is 1. The molecule has 0 spiro atoms. The molecule has 108 valence electrons. The van der Waals surface area contributed by atoms with Gasteiger partial charge in [0, 0.05) is 18.5 Å². The monoisotopic (exact) mass is 279 g/mol. The minimum Gasteiger partial charge on any atom is -0.485 e. The summed E-state index contributed by atoms with van der Waals surface area (Å²) in [5.74, 6) is 0.143. The van der Waals surface area contributed by atoms with E-state index in [0.29, 0.717) is 24.3 Å². The molecule has 1 aromatic carbocycles. The fourth-order valence-electron chi connectivity index (χ4n) is 3.04. The number of hydrogen-bond acceptors (Lipinski definition) is 3. The van der Waals surface area contributed by atoms with E-state index in [0.717, 1.165) is 6.42 Å². The van der Waals surface area contributed by atoms with Crippen LogP contribution in [0.4, 0.5) is 4.39 Å². The van der Waals surface area contributed by atoms with E-state index in [9.17, 15) is 14.3 Å². The van der Waals surface area contributed by atoms with Gasteiger partial charge in [0.2, 0.25) is 5.91 Å². The van der Waals surface area contributed by atoms with Gasteiger partial charge in [-0.3, -0.25) is 4.79 Å². The van der Waals surface area contributed by atoms with Crippen molar-refractivity contribution in [2.75, 3.05) is 6.54 Å². The second-order valence-electron chi connectivity index (χ2n) is 5.97. The number of carbonyl (C=O) groups excluding carboxylic acids is 1. The largest absolute Gasteiger partial charge is 0.485 e. The predicted octanol–water partition coefficient (Wildman–Crippen LogP) is 2.02. The lowest BCUT2D eigenvalue weighted by Crippen LogP contribution is -2.53. The summed E-state index contributed by atoms with van der Waals surface area (Å²) in [7, 11) is 0. The molecule has 0 aliphatic carbocycles. The number of nitrogens with zero attached hydrogens (tertiary/aromatic N) is 1. The molecule has 1 amide bonds. The van der Waals surface area contributed by atoms with Crippen LogP contribution in [0, 0.1) is 5.82 Å². The molecule has 0 aromatic heterocycles. The minimum absolute atomic E-state index is 0.00182. The Morgan fingerprint density at radius 2 is 2.20 bits per heavy atom. The zero-order valence-corrected chi connectivity index (χ0v) is 11.6. The van der Waals surface area contributed by atoms with Crippen LogP contribution in [-0.2, 0) is 4.79 Å². The van der Waals surface area contributed by atoms with Crippen molar-refractivity contribution in [3.63, 3.8) is 0 Å². The van der Waals surface area contributed by atoms with Crippen molar-refractivity contribution in [1.29, 1.82) is 0 Å². The number of ether oxygens (including phenoxy) is 1. The van der Waals surface area contributed by atoms with Crippen LogP contribution < -0.4 is 4.74 Å². The van der Waals surface area contributed by atoms with Gasteiger partial charge in [-0.15, -0.1) is 0 Å². The molecular formula is C15H18FNO3. The van der Waals surface area contributed by atoms with Crippen LogP contribution in [-0.4, -0.2) is 34.2 Å². The molecule has 1 fully saturated rings. The van der Waals surface area contributed by atoms with E-state index in [-0.39, 0.29) is 5.91 Å². The molecule has 2 atom stereocenters. The Kier molecular flexibility index (Phi) is 2.97. The highest BCUT2D eigenvalue weighted by Gasteiger charge is 2.47. The number of benzene rings is 1. The van der Waals surface area contributed by atoms with E-state index < -0.39 is 23.6 Å². The minimum atomic E-state index is -0.890. The molecule has 1 N–H and O–H groups in total. The van der Waals surface area contributed by atoms with Crippen LogP contribution >= 0.6 is 0 Å². The number of aliphatic hydroxyl groups excluding tert-OH is 1. The van der Waals surface area contributed by atoms with Crippen molar-refractivity contribution in [3.8, 4) is 5.75 Å². The van der Waals surface area contributed by atoms with E-state index >= 15 is 0 Å². The van der Waals surface area contributed by atoms with Crippen LogP contribution in [0.1, 0.15) is 38.3 Å². The van der Waals surface area contributed by atoms with E-state index in [4.69, 9.17) is 4.74 Å². The van der Waals surface area contributed by atoms with Crippen LogP contribution in [0.3, 0.4) is 0 Å². The first-order chi connectivity index (χ1) is 9.40. The van der Waals surface area contributed by atoms with Crippen molar-refractivity contribution >= 4 is 5.91 Å². The lowest BCUT2D eigenvalue weighted by molar-refractivity contribution is -0.139. The first-order valence-electron chi connectivity index (χ1n) is 6.86. The highest BCUT2D eigenvalue weighted by atomic mass is 19.1. The summed E-state index contributed by atoms with van der Waals surface area (Å²) in [6.07, 6.45) is 0.363. The van der Waals surface area contributed by atoms with Gasteiger partial charge in [0.25, 0.3) is 0 Å². The molecule has 5 heteroatoms. The molecule has 0 bridgehead atoms. The van der Waals surface area contributed by atoms with Gasteiger partial charge in [-0.1, -0.05) is 0 Å². The Bertz CT molecular complexity index is 558. The second kappa shape index (κ2) is 4.45. The zero-order chi connectivity index (χ0) is 14.5. The molecule has 0 radical (unpaired) electrons. The molecule has 0 saturated carbocycles. The fourth-order valence-corrected chi connectivity index (χ4v) is 3.04. The highest BCUT2D eigenvalue weighted by Crippen LogP contribution is 2.44. The van der Waals surface area contributed by atoms with Crippen molar-refractivity contribution < 1.29 is 19.0 Å². The zero-order valence-electron chi connectivity index (χ0n) is 11.6. The van der Waals surface area contributed by atoms with E-state index in [1.165, 1.54) is 12.1 Å². The van der Waals surface area contributed by atoms with E-state index in [1.807, 2.05) is 0 Å². The van der Waals surface area contributed by atoms with Gasteiger partial charge in [-0.25, -0.2) is 4.39 Å². The van der Waals surface area contributed by atoms with Crippen molar-refractivity contribution in [2.45, 2.75) is 44.4 Å². The topological polar surface area (TPSA) is 49.8 Å². The summed E-state index contributed by atoms with van der Waals surface area (Å²) < 4.78 is 19.3. The summed E-state index contributed by atoms with van der Waals surface area (Å²) in [6.45, 7) is 4.14. The molecule has 1 aromatic rings. The average molecular weight is 279 g/mol. The number of amides is 1. The van der Waals surface area contributed by atoms with Crippen molar-refractivity contribution in [1.82, 2.24) is 4.90 Å². The third-order valence-corrected chi connectivity index (χ3v) is 4.12. The van der Waals surface area contributed by atoms with Crippen molar-refractivity contribution in [2.24, 2.45) is 0 Å². The van der Waals surface area contributed by atoms with Crippen LogP contribution in [0.5, 0.6) is 5.75 Å². The Balaban J connectivity index is 2.10. The number of hydrogen-bond donors (Lipinski definition) is 1. The highest BCUT2D eigenvalue weighted by molar-refractivity contribution is 5.79. The maximum Gasteiger partial charge on any atom is 0.223 e. The summed E-state index contributed by atoms with van der Waals surface area (Å²) in [6, 6.07) is 3.70. The Morgan fingerprint density at radius 3 is 2.85 bits per heavy atom. The SMILES string of the molecule is CC1(C)Oc2ccc(F)cc2[C@@H](N2CCCC2=O)[C@@H]1O. The number of halogens is 1. The van der Waals surface area contributed by atoms with Gasteiger partial charge in [0.1, 0.15) is 23.3 Å². The summed E-state index contributed by atoms with van der Waals surface area (Å²) in [5.41, 5.74) is -0.273. The van der Waals surface area contributed by atoms with E-state index in [1.54, 1.807) is 24.8 Å². The van der Waals surface area contributed by atoms with Crippen LogP contribution in [0.15, 0.2) is 18.2 Å². The third kappa shape index (κ3) is 1.97. The van der Waals surface area contributed by atoms with Gasteiger partial charge in [-0.05, 0) is 38.5 Å². The Morgan fingerprint density at radius 1 is 1.45 bits per heavy atom. The van der Waals surface area contributed by atoms with Gasteiger partial charge in [-0.2, -0.15) is 0 Å². The molecular weight excluding hydrogens is 261 g/mol. The molecule has 20 heavy (non-hydrogen) atoms. The molecule has 4 nitrogen and oxygen atoms in total. The molecule has 3 rings (SSSR count). The maximum atomic E-state index is 13.5. The van der Waals surface area contributed by atoms with Crippen LogP contribution in [0.25, 0.3) is 0 Å². The Hall–Kier alpha value is -1.62. The molecule has 2 aliphatic heterocycles. The van der Waals surface area contributed by atoms with Gasteiger partial charge in [0.15, 0.2) is 0 Å². The lowest BCUT2D eigenvalue weighted by atomic mass is 9.85. The summed E-state index contributed by atoms with van der Waals surface area (Å²) >= 11 is 0. The number of carbonyl (C=O) groups is 1. The Labute approximate surface area is 117 Å². The van der Waals surface area contributed by atoms with E-state index in [2.05, 4.69) is 0 Å². The molecule has 2 heterocycles. The normalized spacial score (nSPS) is 28.2. The fraction of sp³-hybridized carbons (Fsp3) is 0.533. The first kappa shape index (κ1) is 13.4. The number of fused-ring (bicyclic) bond motifs is 1. The predicted molar refractivity (Wildman–Crippen MR) is 70.8 cm³/mol. The first-order valence-corrected chi connectivity index (χ1v) is 6.86. The molecule has 2 aliphatic rings. The van der Waals surface area contributed by atoms with Gasteiger partial charge < -0.3 is 14.7 Å². The summed E-state index contributed by atoms with van der Waals surface area (Å²) in [5, 5.41) is 10.6. The van der Waals surface area contributed by atoms with Crippen LogP contribution in [0.2, 0.25) is 0 Å². The standard InChI is InChI=1S/C15H18FNO3/c1-15(2)14(19)13(17-7-3-4-12(17)18)10-8-9(16)5-6-11(10)20-15/h5-6,8,13-14,19H,3-4,7H2,1-2H3/t13-,14+/m1/s1. The van der Waals surface area contributed by atoms with Gasteiger partial charge in [0.05, 0.1) is 6.04 Å². The summed E-state index contributed by atoms with van der Waals surface area (Å²) in [4.78, 5) is 13.7. The quantitative estimate of drug-likeness (QED) is 0.855. The molecule has 0 unspecified atom stereocenters. The smallest absolute Gasteiger partial charge is 0.223 e. The van der Waals surface area contributed by atoms with Crippen molar-refractivity contribution in [3.05, 3.63) is 29.6 Å². The lowest BCUT2D eigenvalue weighted by Gasteiger charge is -2.45. The number of aliphatic hydroxyl groups is 1. The van der Waals surface area contributed by atoms with Gasteiger partial charge >= 0.3 is 0 Å². The third-order valence-electron chi connectivity index (χ3n) is 4.12.